The average molecular weight is 236 g/mol. The summed E-state index contributed by atoms with van der Waals surface area (Å²) in [5.41, 5.74) is 1.85. The van der Waals surface area contributed by atoms with Gasteiger partial charge in [-0.15, -0.1) is 0 Å². The van der Waals surface area contributed by atoms with Gasteiger partial charge in [0, 0.05) is 0 Å². The predicted molar refractivity (Wildman–Crippen MR) is 61.6 cm³/mol. The van der Waals surface area contributed by atoms with Crippen molar-refractivity contribution >= 4 is 0 Å². The molecule has 0 aromatic heterocycles. The van der Waals surface area contributed by atoms with Crippen LogP contribution in [0.4, 0.5) is 13.2 Å². The SMILES string of the molecule is Cc1ccc(-c2cccc(C(F)(F)F)c2)cc1. The Kier molecular flexibility index (Phi) is 2.92. The first-order valence-corrected chi connectivity index (χ1v) is 5.21. The molecule has 3 heteroatoms. The Morgan fingerprint density at radius 2 is 1.47 bits per heavy atom. The molecular weight excluding hydrogens is 225 g/mol. The van der Waals surface area contributed by atoms with Crippen molar-refractivity contribution in [1.82, 2.24) is 0 Å². The molecule has 0 bridgehead atoms. The van der Waals surface area contributed by atoms with E-state index < -0.39 is 11.7 Å². The van der Waals surface area contributed by atoms with Gasteiger partial charge < -0.3 is 0 Å². The van der Waals surface area contributed by atoms with E-state index in [-0.39, 0.29) is 0 Å². The summed E-state index contributed by atoms with van der Waals surface area (Å²) in [6, 6.07) is 12.8. The Hall–Kier alpha value is -1.77. The molecule has 0 atom stereocenters. The van der Waals surface area contributed by atoms with Gasteiger partial charge in [0.05, 0.1) is 5.56 Å². The fourth-order valence-corrected chi connectivity index (χ4v) is 1.62. The van der Waals surface area contributed by atoms with Gasteiger partial charge in [0.25, 0.3) is 0 Å². The standard InChI is InChI=1S/C14H11F3/c1-10-5-7-11(8-6-10)12-3-2-4-13(9-12)14(15,16)17/h2-9H,1H3. The largest absolute Gasteiger partial charge is 0.416 e. The lowest BCUT2D eigenvalue weighted by molar-refractivity contribution is -0.137. The summed E-state index contributed by atoms with van der Waals surface area (Å²) in [5, 5.41) is 0. The molecule has 0 fully saturated rings. The zero-order valence-electron chi connectivity index (χ0n) is 9.25. The molecule has 0 aliphatic heterocycles. The van der Waals surface area contributed by atoms with E-state index in [0.717, 1.165) is 17.2 Å². The molecule has 2 rings (SSSR count). The number of hydrogen-bond donors (Lipinski definition) is 0. The molecule has 0 aliphatic carbocycles. The number of halogens is 3. The second-order valence-electron chi connectivity index (χ2n) is 3.94. The molecule has 0 spiro atoms. The van der Waals surface area contributed by atoms with Crippen molar-refractivity contribution in [3.63, 3.8) is 0 Å². The maximum atomic E-state index is 12.5. The van der Waals surface area contributed by atoms with Gasteiger partial charge in [-0.25, -0.2) is 0 Å². The number of alkyl halides is 3. The van der Waals surface area contributed by atoms with Crippen LogP contribution in [0, 0.1) is 6.92 Å². The lowest BCUT2D eigenvalue weighted by Crippen LogP contribution is -2.04. The van der Waals surface area contributed by atoms with Gasteiger partial charge in [0.15, 0.2) is 0 Å². The van der Waals surface area contributed by atoms with E-state index in [9.17, 15) is 13.2 Å². The number of rotatable bonds is 1. The Balaban J connectivity index is 2.43. The lowest BCUT2D eigenvalue weighted by atomic mass is 10.0. The minimum atomic E-state index is -4.29. The first kappa shape index (κ1) is 11.7. The van der Waals surface area contributed by atoms with Gasteiger partial charge in [-0.1, -0.05) is 42.0 Å². The monoisotopic (exact) mass is 236 g/mol. The minimum Gasteiger partial charge on any atom is -0.166 e. The van der Waals surface area contributed by atoms with Crippen LogP contribution >= 0.6 is 0 Å². The second-order valence-corrected chi connectivity index (χ2v) is 3.94. The number of hydrogen-bond acceptors (Lipinski definition) is 0. The normalized spacial score (nSPS) is 11.5. The van der Waals surface area contributed by atoms with Crippen molar-refractivity contribution in [3.05, 3.63) is 59.7 Å². The average Bonchev–Trinajstić information content (AvgIpc) is 2.29. The fraction of sp³-hybridized carbons (Fsp3) is 0.143. The van der Waals surface area contributed by atoms with Gasteiger partial charge in [0.2, 0.25) is 0 Å². The summed E-state index contributed by atoms with van der Waals surface area (Å²) >= 11 is 0. The highest BCUT2D eigenvalue weighted by Crippen LogP contribution is 2.32. The first-order valence-electron chi connectivity index (χ1n) is 5.21. The third-order valence-corrected chi connectivity index (χ3v) is 2.57. The first-order chi connectivity index (χ1) is 7.97. The predicted octanol–water partition coefficient (Wildman–Crippen LogP) is 4.68. The van der Waals surface area contributed by atoms with Crippen LogP contribution in [0.15, 0.2) is 48.5 Å². The molecule has 2 aromatic carbocycles. The third-order valence-electron chi connectivity index (χ3n) is 2.57. The number of aryl methyl sites for hydroxylation is 1. The summed E-state index contributed by atoms with van der Waals surface area (Å²) in [5.74, 6) is 0. The van der Waals surface area contributed by atoms with Gasteiger partial charge in [-0.05, 0) is 30.2 Å². The van der Waals surface area contributed by atoms with Crippen LogP contribution < -0.4 is 0 Å². The van der Waals surface area contributed by atoms with Crippen molar-refractivity contribution in [2.24, 2.45) is 0 Å². The van der Waals surface area contributed by atoms with Crippen LogP contribution in [0.3, 0.4) is 0 Å². The van der Waals surface area contributed by atoms with Crippen LogP contribution in [0.5, 0.6) is 0 Å². The number of benzene rings is 2. The molecule has 0 amide bonds. The Morgan fingerprint density at radius 1 is 0.824 bits per heavy atom. The molecular formula is C14H11F3. The molecule has 0 nitrogen and oxygen atoms in total. The Morgan fingerprint density at radius 3 is 2.06 bits per heavy atom. The van der Waals surface area contributed by atoms with E-state index in [1.54, 1.807) is 6.07 Å². The van der Waals surface area contributed by atoms with Crippen LogP contribution in [0.1, 0.15) is 11.1 Å². The van der Waals surface area contributed by atoms with Crippen LogP contribution in [-0.2, 0) is 6.18 Å². The minimum absolute atomic E-state index is 0.583. The maximum absolute atomic E-state index is 12.5. The van der Waals surface area contributed by atoms with Gasteiger partial charge >= 0.3 is 6.18 Å². The quantitative estimate of drug-likeness (QED) is 0.674. The summed E-state index contributed by atoms with van der Waals surface area (Å²) < 4.78 is 37.6. The van der Waals surface area contributed by atoms with Gasteiger partial charge in [-0.3, -0.25) is 0 Å². The van der Waals surface area contributed by atoms with E-state index in [4.69, 9.17) is 0 Å². The molecule has 0 unspecified atom stereocenters. The summed E-state index contributed by atoms with van der Waals surface area (Å²) in [4.78, 5) is 0. The molecule has 0 saturated carbocycles. The Labute approximate surface area is 97.7 Å². The van der Waals surface area contributed by atoms with Crippen LogP contribution in [0.2, 0.25) is 0 Å². The van der Waals surface area contributed by atoms with Crippen LogP contribution in [0.25, 0.3) is 11.1 Å². The summed E-state index contributed by atoms with van der Waals surface area (Å²) in [7, 11) is 0. The highest BCUT2D eigenvalue weighted by Gasteiger charge is 2.30. The van der Waals surface area contributed by atoms with Crippen molar-refractivity contribution < 1.29 is 13.2 Å². The van der Waals surface area contributed by atoms with E-state index >= 15 is 0 Å². The molecule has 0 saturated heterocycles. The summed E-state index contributed by atoms with van der Waals surface area (Å²) in [6.45, 7) is 1.94. The maximum Gasteiger partial charge on any atom is 0.416 e. The molecule has 0 aliphatic rings. The molecule has 88 valence electrons. The van der Waals surface area contributed by atoms with E-state index in [1.165, 1.54) is 12.1 Å². The second kappa shape index (κ2) is 4.24. The van der Waals surface area contributed by atoms with Gasteiger partial charge in [0.1, 0.15) is 0 Å². The highest BCUT2D eigenvalue weighted by molar-refractivity contribution is 5.64. The smallest absolute Gasteiger partial charge is 0.166 e. The molecule has 2 aromatic rings. The van der Waals surface area contributed by atoms with Crippen molar-refractivity contribution in [2.45, 2.75) is 13.1 Å². The van der Waals surface area contributed by atoms with Crippen molar-refractivity contribution in [2.75, 3.05) is 0 Å². The molecule has 17 heavy (non-hydrogen) atoms. The molecule has 0 heterocycles. The fourth-order valence-electron chi connectivity index (χ4n) is 1.62. The Bertz CT molecular complexity index is 510. The molecule has 0 N–H and O–H groups in total. The van der Waals surface area contributed by atoms with Gasteiger partial charge in [-0.2, -0.15) is 13.2 Å². The zero-order valence-corrected chi connectivity index (χ0v) is 9.25. The van der Waals surface area contributed by atoms with Crippen molar-refractivity contribution in [3.8, 4) is 11.1 Å². The summed E-state index contributed by atoms with van der Waals surface area (Å²) in [6.07, 6.45) is -4.29. The highest BCUT2D eigenvalue weighted by atomic mass is 19.4. The topological polar surface area (TPSA) is 0 Å². The zero-order chi connectivity index (χ0) is 12.5. The lowest BCUT2D eigenvalue weighted by Gasteiger charge is -2.09. The molecule has 0 radical (unpaired) electrons. The van der Waals surface area contributed by atoms with E-state index in [1.807, 2.05) is 31.2 Å². The van der Waals surface area contributed by atoms with Crippen LogP contribution in [-0.4, -0.2) is 0 Å². The van der Waals surface area contributed by atoms with E-state index in [0.29, 0.717) is 5.56 Å². The van der Waals surface area contributed by atoms with E-state index in [2.05, 4.69) is 0 Å². The third kappa shape index (κ3) is 2.67. The van der Waals surface area contributed by atoms with Crippen molar-refractivity contribution in [1.29, 1.82) is 0 Å².